The molecule has 2 atom stereocenters. The third-order valence-electron chi connectivity index (χ3n) is 4.02. The van der Waals surface area contributed by atoms with Gasteiger partial charge in [0.2, 0.25) is 5.91 Å². The van der Waals surface area contributed by atoms with Crippen molar-refractivity contribution >= 4 is 29.0 Å². The van der Waals surface area contributed by atoms with Gasteiger partial charge in [0.15, 0.2) is 11.0 Å². The molecule has 0 radical (unpaired) electrons. The number of carbonyl (C=O) groups excluding carboxylic acids is 1. The Labute approximate surface area is 162 Å². The number of carbonyl (C=O) groups is 1. The molecule has 1 aliphatic rings. The number of hydrogen-bond donors (Lipinski definition) is 1. The average molecular weight is 395 g/mol. The largest absolute Gasteiger partial charge is 0.376 e. The van der Waals surface area contributed by atoms with E-state index in [9.17, 15) is 4.79 Å². The van der Waals surface area contributed by atoms with Crippen LogP contribution in [0.2, 0.25) is 0 Å². The van der Waals surface area contributed by atoms with Crippen molar-refractivity contribution in [2.24, 2.45) is 0 Å². The van der Waals surface area contributed by atoms with Crippen LogP contribution in [0.3, 0.4) is 0 Å². The van der Waals surface area contributed by atoms with E-state index in [2.05, 4.69) is 20.1 Å². The second kappa shape index (κ2) is 8.10. The standard InChI is InChI=1S/C18H26N4O2S2/c1-12(16(23)19-18(2,3)4)26-17-21-20-15(14-8-6-10-25-14)22(17)11-13-7-5-9-24-13/h6,8,10,12-13H,5,7,9,11H2,1-4H3,(H,19,23). The van der Waals surface area contributed by atoms with E-state index >= 15 is 0 Å². The van der Waals surface area contributed by atoms with Gasteiger partial charge in [-0.15, -0.1) is 21.5 Å². The minimum atomic E-state index is -0.252. The molecule has 142 valence electrons. The van der Waals surface area contributed by atoms with Crippen molar-refractivity contribution < 1.29 is 9.53 Å². The summed E-state index contributed by atoms with van der Waals surface area (Å²) in [6.07, 6.45) is 2.32. The van der Waals surface area contributed by atoms with E-state index in [-0.39, 0.29) is 22.8 Å². The number of hydrogen-bond acceptors (Lipinski definition) is 6. The summed E-state index contributed by atoms with van der Waals surface area (Å²) in [6.45, 7) is 9.39. The highest BCUT2D eigenvalue weighted by Gasteiger charge is 2.26. The molecule has 0 aliphatic carbocycles. The van der Waals surface area contributed by atoms with Crippen LogP contribution >= 0.6 is 23.1 Å². The molecule has 0 aromatic carbocycles. The third kappa shape index (κ3) is 4.86. The Kier molecular flexibility index (Phi) is 6.04. The molecule has 0 bridgehead atoms. The quantitative estimate of drug-likeness (QED) is 0.759. The van der Waals surface area contributed by atoms with Crippen LogP contribution in [0.5, 0.6) is 0 Å². The minimum Gasteiger partial charge on any atom is -0.376 e. The van der Waals surface area contributed by atoms with Gasteiger partial charge in [-0.3, -0.25) is 9.36 Å². The monoisotopic (exact) mass is 394 g/mol. The molecule has 0 spiro atoms. The number of nitrogens with zero attached hydrogens (tertiary/aromatic N) is 3. The Morgan fingerprint density at radius 3 is 2.92 bits per heavy atom. The molecule has 3 rings (SSSR count). The molecule has 1 amide bonds. The van der Waals surface area contributed by atoms with E-state index < -0.39 is 0 Å². The van der Waals surface area contributed by atoms with E-state index in [1.54, 1.807) is 11.3 Å². The maximum Gasteiger partial charge on any atom is 0.233 e. The summed E-state index contributed by atoms with van der Waals surface area (Å²) in [5.74, 6) is 0.855. The van der Waals surface area contributed by atoms with Crippen LogP contribution in [-0.2, 0) is 16.1 Å². The molecule has 1 fully saturated rings. The topological polar surface area (TPSA) is 69.0 Å². The molecule has 2 aromatic rings. The van der Waals surface area contributed by atoms with Gasteiger partial charge in [0.25, 0.3) is 0 Å². The minimum absolute atomic E-state index is 0.00633. The zero-order chi connectivity index (χ0) is 18.7. The Morgan fingerprint density at radius 2 is 2.31 bits per heavy atom. The van der Waals surface area contributed by atoms with Crippen LogP contribution < -0.4 is 5.32 Å². The van der Waals surface area contributed by atoms with Crippen molar-refractivity contribution in [2.45, 2.75) is 69.1 Å². The van der Waals surface area contributed by atoms with Crippen LogP contribution in [0.25, 0.3) is 10.7 Å². The molecule has 1 aliphatic heterocycles. The molecule has 6 nitrogen and oxygen atoms in total. The number of amides is 1. The van der Waals surface area contributed by atoms with Crippen molar-refractivity contribution in [1.82, 2.24) is 20.1 Å². The zero-order valence-electron chi connectivity index (χ0n) is 15.7. The maximum atomic E-state index is 12.4. The van der Waals surface area contributed by atoms with Crippen LogP contribution in [0.15, 0.2) is 22.7 Å². The van der Waals surface area contributed by atoms with E-state index in [1.807, 2.05) is 45.2 Å². The molecular weight excluding hydrogens is 368 g/mol. The molecule has 0 saturated carbocycles. The number of thiophene rings is 1. The average Bonchev–Trinajstić information content (AvgIpc) is 3.28. The molecule has 8 heteroatoms. The first-order chi connectivity index (χ1) is 12.3. The maximum absolute atomic E-state index is 12.4. The van der Waals surface area contributed by atoms with Crippen molar-refractivity contribution in [3.05, 3.63) is 17.5 Å². The molecular formula is C18H26N4O2S2. The first-order valence-electron chi connectivity index (χ1n) is 8.91. The summed E-state index contributed by atoms with van der Waals surface area (Å²) in [4.78, 5) is 13.5. The van der Waals surface area contributed by atoms with Crippen molar-refractivity contribution in [3.63, 3.8) is 0 Å². The fourth-order valence-corrected chi connectivity index (χ4v) is 4.38. The predicted octanol–water partition coefficient (Wildman–Crippen LogP) is 3.58. The van der Waals surface area contributed by atoms with Crippen LogP contribution in [-0.4, -0.2) is 44.2 Å². The van der Waals surface area contributed by atoms with E-state index in [4.69, 9.17) is 4.74 Å². The van der Waals surface area contributed by atoms with Gasteiger partial charge in [-0.25, -0.2) is 0 Å². The second-order valence-electron chi connectivity index (χ2n) is 7.53. The first kappa shape index (κ1) is 19.4. The van der Waals surface area contributed by atoms with Gasteiger partial charge in [-0.2, -0.15) is 0 Å². The Hall–Kier alpha value is -1.38. The summed E-state index contributed by atoms with van der Waals surface area (Å²) in [5.41, 5.74) is -0.251. The van der Waals surface area contributed by atoms with E-state index in [0.29, 0.717) is 0 Å². The Balaban J connectivity index is 1.80. The normalized spacial score (nSPS) is 18.8. The lowest BCUT2D eigenvalue weighted by Crippen LogP contribution is -2.44. The van der Waals surface area contributed by atoms with Gasteiger partial charge in [-0.05, 0) is 52.0 Å². The Bertz CT molecular complexity index is 731. The Morgan fingerprint density at radius 1 is 1.50 bits per heavy atom. The van der Waals surface area contributed by atoms with Crippen molar-refractivity contribution in [2.75, 3.05) is 6.61 Å². The summed E-state index contributed by atoms with van der Waals surface area (Å²) >= 11 is 3.09. The van der Waals surface area contributed by atoms with Gasteiger partial charge >= 0.3 is 0 Å². The second-order valence-corrected chi connectivity index (χ2v) is 9.78. The van der Waals surface area contributed by atoms with Gasteiger partial charge < -0.3 is 10.1 Å². The zero-order valence-corrected chi connectivity index (χ0v) is 17.3. The lowest BCUT2D eigenvalue weighted by molar-refractivity contribution is -0.121. The summed E-state index contributed by atoms with van der Waals surface area (Å²) in [7, 11) is 0. The number of thioether (sulfide) groups is 1. The molecule has 1 N–H and O–H groups in total. The molecule has 2 unspecified atom stereocenters. The summed E-state index contributed by atoms with van der Waals surface area (Å²) in [5, 5.41) is 14.4. The van der Waals surface area contributed by atoms with Gasteiger partial charge in [0, 0.05) is 12.1 Å². The lowest BCUT2D eigenvalue weighted by atomic mass is 10.1. The number of nitrogens with one attached hydrogen (secondary N) is 1. The summed E-state index contributed by atoms with van der Waals surface area (Å²) < 4.78 is 7.91. The molecule has 1 saturated heterocycles. The highest BCUT2D eigenvalue weighted by molar-refractivity contribution is 8.00. The molecule has 26 heavy (non-hydrogen) atoms. The highest BCUT2D eigenvalue weighted by atomic mass is 32.2. The van der Waals surface area contributed by atoms with Gasteiger partial charge in [0.05, 0.1) is 22.8 Å². The SMILES string of the molecule is CC(Sc1nnc(-c2cccs2)n1CC1CCCO1)C(=O)NC(C)(C)C. The lowest BCUT2D eigenvalue weighted by Gasteiger charge is -2.23. The molecule has 2 aromatic heterocycles. The third-order valence-corrected chi connectivity index (χ3v) is 5.96. The van der Waals surface area contributed by atoms with Gasteiger partial charge in [-0.1, -0.05) is 17.8 Å². The first-order valence-corrected chi connectivity index (χ1v) is 10.7. The number of aromatic nitrogens is 3. The summed E-state index contributed by atoms with van der Waals surface area (Å²) in [6, 6.07) is 4.06. The van der Waals surface area contributed by atoms with Crippen molar-refractivity contribution in [3.8, 4) is 10.7 Å². The van der Waals surface area contributed by atoms with Crippen LogP contribution in [0, 0.1) is 0 Å². The van der Waals surface area contributed by atoms with Crippen molar-refractivity contribution in [1.29, 1.82) is 0 Å². The van der Waals surface area contributed by atoms with Crippen LogP contribution in [0.1, 0.15) is 40.5 Å². The molecule has 3 heterocycles. The van der Waals surface area contributed by atoms with E-state index in [0.717, 1.165) is 41.9 Å². The number of rotatable bonds is 6. The predicted molar refractivity (Wildman–Crippen MR) is 106 cm³/mol. The van der Waals surface area contributed by atoms with Crippen LogP contribution in [0.4, 0.5) is 0 Å². The fourth-order valence-electron chi connectivity index (χ4n) is 2.80. The van der Waals surface area contributed by atoms with Gasteiger partial charge in [0.1, 0.15) is 0 Å². The van der Waals surface area contributed by atoms with E-state index in [1.165, 1.54) is 11.8 Å². The highest BCUT2D eigenvalue weighted by Crippen LogP contribution is 2.30. The number of ether oxygens (including phenoxy) is 1. The smallest absolute Gasteiger partial charge is 0.233 e. The fraction of sp³-hybridized carbons (Fsp3) is 0.611.